The third kappa shape index (κ3) is 6.47. The predicted octanol–water partition coefficient (Wildman–Crippen LogP) is 1.81. The molecule has 3 heteroatoms. The average Bonchev–Trinajstić information content (AvgIpc) is 2.31. The Balaban J connectivity index is 3.69. The van der Waals surface area contributed by atoms with E-state index in [2.05, 4.69) is 11.2 Å². The second kappa shape index (κ2) is 8.18. The molecule has 0 aliphatic carbocycles. The molecule has 0 rings (SSSR count). The van der Waals surface area contributed by atoms with Gasteiger partial charge in [0, 0.05) is 24.9 Å². The Hall–Kier alpha value is -1.01. The number of nitrogens with one attached hydrogen (secondary N) is 1. The zero-order valence-corrected chi connectivity index (χ0v) is 10.5. The van der Waals surface area contributed by atoms with Crippen molar-refractivity contribution in [1.29, 1.82) is 0 Å². The van der Waals surface area contributed by atoms with Crippen molar-refractivity contribution in [3.05, 3.63) is 0 Å². The SMILES string of the molecule is C#CCCCCC(=O)NCC(N)(CC)CC. The van der Waals surface area contributed by atoms with Crippen LogP contribution in [0.15, 0.2) is 0 Å². The highest BCUT2D eigenvalue weighted by Gasteiger charge is 2.20. The fourth-order valence-electron chi connectivity index (χ4n) is 1.38. The maximum atomic E-state index is 11.5. The zero-order chi connectivity index (χ0) is 12.4. The number of hydrogen-bond acceptors (Lipinski definition) is 2. The highest BCUT2D eigenvalue weighted by Crippen LogP contribution is 2.09. The minimum atomic E-state index is -0.255. The maximum Gasteiger partial charge on any atom is 0.220 e. The van der Waals surface area contributed by atoms with Gasteiger partial charge in [0.1, 0.15) is 0 Å². The van der Waals surface area contributed by atoms with Crippen LogP contribution in [0.1, 0.15) is 52.4 Å². The summed E-state index contributed by atoms with van der Waals surface area (Å²) in [5.74, 6) is 2.64. The monoisotopic (exact) mass is 224 g/mol. The van der Waals surface area contributed by atoms with Gasteiger partial charge in [-0.2, -0.15) is 0 Å². The van der Waals surface area contributed by atoms with Crippen LogP contribution in [0.2, 0.25) is 0 Å². The minimum absolute atomic E-state index is 0.0775. The Bertz CT molecular complexity index is 239. The topological polar surface area (TPSA) is 55.1 Å². The molecular formula is C13H24N2O. The molecule has 0 atom stereocenters. The van der Waals surface area contributed by atoms with Crippen LogP contribution in [0.25, 0.3) is 0 Å². The molecule has 0 spiro atoms. The molecule has 3 nitrogen and oxygen atoms in total. The van der Waals surface area contributed by atoms with Crippen LogP contribution in [-0.4, -0.2) is 18.0 Å². The van der Waals surface area contributed by atoms with Crippen molar-refractivity contribution >= 4 is 5.91 Å². The van der Waals surface area contributed by atoms with Gasteiger partial charge in [-0.05, 0) is 25.7 Å². The first-order valence-corrected chi connectivity index (χ1v) is 6.07. The molecule has 0 aromatic carbocycles. The normalized spacial score (nSPS) is 10.9. The van der Waals surface area contributed by atoms with E-state index in [9.17, 15) is 4.79 Å². The Morgan fingerprint density at radius 1 is 1.38 bits per heavy atom. The molecular weight excluding hydrogens is 200 g/mol. The number of rotatable bonds is 8. The molecule has 0 aliphatic rings. The third-order valence-electron chi connectivity index (χ3n) is 3.02. The highest BCUT2D eigenvalue weighted by molar-refractivity contribution is 5.75. The molecule has 0 fully saturated rings. The fourth-order valence-corrected chi connectivity index (χ4v) is 1.38. The second-order valence-corrected chi connectivity index (χ2v) is 4.26. The van der Waals surface area contributed by atoms with Crippen molar-refractivity contribution in [2.45, 2.75) is 57.9 Å². The molecule has 0 saturated heterocycles. The van der Waals surface area contributed by atoms with E-state index in [0.717, 1.165) is 32.1 Å². The van der Waals surface area contributed by atoms with Crippen molar-refractivity contribution in [1.82, 2.24) is 5.32 Å². The lowest BCUT2D eigenvalue weighted by molar-refractivity contribution is -0.121. The van der Waals surface area contributed by atoms with Gasteiger partial charge >= 0.3 is 0 Å². The number of terminal acetylenes is 1. The first-order valence-electron chi connectivity index (χ1n) is 6.07. The molecule has 0 aromatic heterocycles. The van der Waals surface area contributed by atoms with Gasteiger partial charge in [-0.3, -0.25) is 4.79 Å². The smallest absolute Gasteiger partial charge is 0.220 e. The summed E-state index contributed by atoms with van der Waals surface area (Å²) < 4.78 is 0. The number of nitrogens with two attached hydrogens (primary N) is 1. The van der Waals surface area contributed by atoms with Crippen molar-refractivity contribution in [2.24, 2.45) is 5.73 Å². The number of hydrogen-bond donors (Lipinski definition) is 2. The first kappa shape index (κ1) is 15.0. The molecule has 0 unspecified atom stereocenters. The van der Waals surface area contributed by atoms with Crippen LogP contribution in [0.5, 0.6) is 0 Å². The van der Waals surface area contributed by atoms with E-state index in [1.807, 2.05) is 13.8 Å². The summed E-state index contributed by atoms with van der Waals surface area (Å²) in [7, 11) is 0. The van der Waals surface area contributed by atoms with Gasteiger partial charge in [-0.25, -0.2) is 0 Å². The van der Waals surface area contributed by atoms with Crippen molar-refractivity contribution in [3.8, 4) is 12.3 Å². The van der Waals surface area contributed by atoms with Crippen LogP contribution in [-0.2, 0) is 4.79 Å². The summed E-state index contributed by atoms with van der Waals surface area (Å²) in [6.45, 7) is 4.65. The van der Waals surface area contributed by atoms with Gasteiger partial charge in [0.15, 0.2) is 0 Å². The number of carbonyl (C=O) groups excluding carboxylic acids is 1. The van der Waals surface area contributed by atoms with E-state index in [1.54, 1.807) is 0 Å². The summed E-state index contributed by atoms with van der Waals surface area (Å²) in [4.78, 5) is 11.5. The van der Waals surface area contributed by atoms with Crippen LogP contribution >= 0.6 is 0 Å². The van der Waals surface area contributed by atoms with Crippen molar-refractivity contribution in [3.63, 3.8) is 0 Å². The molecule has 0 saturated carbocycles. The largest absolute Gasteiger partial charge is 0.354 e. The van der Waals surface area contributed by atoms with Gasteiger partial charge in [0.05, 0.1) is 0 Å². The van der Waals surface area contributed by atoms with E-state index in [1.165, 1.54) is 0 Å². The number of carbonyl (C=O) groups is 1. The molecule has 0 aliphatic heterocycles. The molecule has 0 aromatic rings. The summed E-state index contributed by atoms with van der Waals surface area (Å²) in [5, 5.41) is 2.89. The van der Waals surface area contributed by atoms with Crippen LogP contribution in [0, 0.1) is 12.3 Å². The lowest BCUT2D eigenvalue weighted by Gasteiger charge is -2.26. The zero-order valence-electron chi connectivity index (χ0n) is 10.5. The average molecular weight is 224 g/mol. The minimum Gasteiger partial charge on any atom is -0.354 e. The highest BCUT2D eigenvalue weighted by atomic mass is 16.1. The van der Waals surface area contributed by atoms with Crippen LogP contribution < -0.4 is 11.1 Å². The van der Waals surface area contributed by atoms with Gasteiger partial charge in [-0.1, -0.05) is 13.8 Å². The van der Waals surface area contributed by atoms with Crippen LogP contribution in [0.4, 0.5) is 0 Å². The quantitative estimate of drug-likeness (QED) is 0.488. The number of amides is 1. The summed E-state index contributed by atoms with van der Waals surface area (Å²) >= 11 is 0. The second-order valence-electron chi connectivity index (χ2n) is 4.26. The lowest BCUT2D eigenvalue weighted by Crippen LogP contribution is -2.49. The molecule has 92 valence electrons. The van der Waals surface area contributed by atoms with Gasteiger partial charge in [-0.15, -0.1) is 12.3 Å². The van der Waals surface area contributed by atoms with Gasteiger partial charge in [0.25, 0.3) is 0 Å². The van der Waals surface area contributed by atoms with E-state index in [0.29, 0.717) is 13.0 Å². The van der Waals surface area contributed by atoms with E-state index >= 15 is 0 Å². The van der Waals surface area contributed by atoms with E-state index < -0.39 is 0 Å². The lowest BCUT2D eigenvalue weighted by atomic mass is 9.94. The Labute approximate surface area is 99.2 Å². The molecule has 1 amide bonds. The van der Waals surface area contributed by atoms with Gasteiger partial charge < -0.3 is 11.1 Å². The Kier molecular flexibility index (Phi) is 7.66. The molecule has 0 heterocycles. The predicted molar refractivity (Wildman–Crippen MR) is 67.8 cm³/mol. The van der Waals surface area contributed by atoms with E-state index in [-0.39, 0.29) is 11.4 Å². The molecule has 0 bridgehead atoms. The Morgan fingerprint density at radius 3 is 2.50 bits per heavy atom. The maximum absolute atomic E-state index is 11.5. The van der Waals surface area contributed by atoms with Gasteiger partial charge in [0.2, 0.25) is 5.91 Å². The van der Waals surface area contributed by atoms with E-state index in [4.69, 9.17) is 12.2 Å². The summed E-state index contributed by atoms with van der Waals surface area (Å²) in [6.07, 6.45) is 9.95. The first-order chi connectivity index (χ1) is 7.58. The van der Waals surface area contributed by atoms with Crippen molar-refractivity contribution < 1.29 is 4.79 Å². The van der Waals surface area contributed by atoms with Crippen LogP contribution in [0.3, 0.4) is 0 Å². The molecule has 16 heavy (non-hydrogen) atoms. The third-order valence-corrected chi connectivity index (χ3v) is 3.02. The summed E-state index contributed by atoms with van der Waals surface area (Å²) in [5.41, 5.74) is 5.82. The summed E-state index contributed by atoms with van der Waals surface area (Å²) in [6, 6.07) is 0. The molecule has 0 radical (unpaired) electrons. The fraction of sp³-hybridized carbons (Fsp3) is 0.769. The molecule has 3 N–H and O–H groups in total. The van der Waals surface area contributed by atoms with Crippen molar-refractivity contribution in [2.75, 3.05) is 6.54 Å². The number of unbranched alkanes of at least 4 members (excludes halogenated alkanes) is 2. The Morgan fingerprint density at radius 2 is 2.00 bits per heavy atom. The standard InChI is InChI=1S/C13H24N2O/c1-4-7-8-9-10-12(16)15-11-13(14,5-2)6-3/h1H,5-11,14H2,2-3H3,(H,15,16).